The highest BCUT2D eigenvalue weighted by atomic mass is 19.4. The summed E-state index contributed by atoms with van der Waals surface area (Å²) in [5, 5.41) is 2.40. The van der Waals surface area contributed by atoms with Gasteiger partial charge in [0.15, 0.2) is 0 Å². The first-order valence-electron chi connectivity index (χ1n) is 6.45. The number of carbonyl (C=O) groups excluding carboxylic acids is 1. The molecule has 1 N–H and O–H groups in total. The van der Waals surface area contributed by atoms with Crippen LogP contribution in [0, 0.1) is 5.82 Å². The maximum Gasteiger partial charge on any atom is 0.419 e. The fourth-order valence-electron chi connectivity index (χ4n) is 1.45. The maximum atomic E-state index is 13.3. The van der Waals surface area contributed by atoms with Gasteiger partial charge in [0.05, 0.1) is 12.1 Å². The molecule has 0 fully saturated rings. The minimum absolute atomic E-state index is 0.0377. The minimum atomic E-state index is -4.75. The lowest BCUT2D eigenvalue weighted by Gasteiger charge is -2.19. The lowest BCUT2D eigenvalue weighted by atomic mass is 10.2. The van der Waals surface area contributed by atoms with Crippen molar-refractivity contribution in [2.45, 2.75) is 32.5 Å². The number of rotatable bonds is 4. The molecule has 1 amide bonds. The Morgan fingerprint density at radius 2 is 1.86 bits per heavy atom. The van der Waals surface area contributed by atoms with Crippen molar-refractivity contribution in [3.63, 3.8) is 0 Å². The first-order valence-corrected chi connectivity index (χ1v) is 6.45. The minimum Gasteiger partial charge on any atom is -0.492 e. The largest absolute Gasteiger partial charge is 0.492 e. The van der Waals surface area contributed by atoms with Crippen molar-refractivity contribution in [3.05, 3.63) is 29.6 Å². The van der Waals surface area contributed by atoms with Crippen molar-refractivity contribution in [1.29, 1.82) is 0 Å². The van der Waals surface area contributed by atoms with Gasteiger partial charge in [-0.3, -0.25) is 0 Å². The van der Waals surface area contributed by atoms with Crippen LogP contribution < -0.4 is 10.1 Å². The van der Waals surface area contributed by atoms with E-state index >= 15 is 0 Å². The second-order valence-corrected chi connectivity index (χ2v) is 5.42. The van der Waals surface area contributed by atoms with Crippen LogP contribution in [-0.2, 0) is 10.9 Å². The monoisotopic (exact) mass is 323 g/mol. The third-order valence-corrected chi connectivity index (χ3v) is 2.28. The molecule has 0 aliphatic carbocycles. The Balaban J connectivity index is 2.43. The van der Waals surface area contributed by atoms with Crippen molar-refractivity contribution in [3.8, 4) is 5.75 Å². The van der Waals surface area contributed by atoms with Gasteiger partial charge in [0.2, 0.25) is 0 Å². The van der Waals surface area contributed by atoms with E-state index in [1.807, 2.05) is 0 Å². The van der Waals surface area contributed by atoms with Gasteiger partial charge in [-0.25, -0.2) is 9.18 Å². The highest BCUT2D eigenvalue weighted by molar-refractivity contribution is 5.67. The van der Waals surface area contributed by atoms with Crippen LogP contribution in [0.25, 0.3) is 0 Å². The summed E-state index contributed by atoms with van der Waals surface area (Å²) in [6.07, 6.45) is -5.39. The van der Waals surface area contributed by atoms with Gasteiger partial charge < -0.3 is 14.8 Å². The van der Waals surface area contributed by atoms with Crippen molar-refractivity contribution >= 4 is 6.09 Å². The molecule has 124 valence electrons. The van der Waals surface area contributed by atoms with Crippen molar-refractivity contribution < 1.29 is 31.8 Å². The molecular weight excluding hydrogens is 306 g/mol. The van der Waals surface area contributed by atoms with Gasteiger partial charge in [0.25, 0.3) is 0 Å². The molecular formula is C14H17F4NO3. The molecule has 0 unspecified atom stereocenters. The van der Waals surface area contributed by atoms with E-state index in [0.29, 0.717) is 12.1 Å². The van der Waals surface area contributed by atoms with Crippen LogP contribution in [0.2, 0.25) is 0 Å². The summed E-state index contributed by atoms with van der Waals surface area (Å²) in [5.74, 6) is -1.47. The normalized spacial score (nSPS) is 12.0. The van der Waals surface area contributed by atoms with Crippen molar-refractivity contribution in [2.75, 3.05) is 13.2 Å². The summed E-state index contributed by atoms with van der Waals surface area (Å²) < 4.78 is 60.4. The van der Waals surface area contributed by atoms with Crippen LogP contribution in [0.3, 0.4) is 0 Å². The van der Waals surface area contributed by atoms with E-state index in [1.165, 1.54) is 0 Å². The average molecular weight is 323 g/mol. The maximum absolute atomic E-state index is 13.3. The van der Waals surface area contributed by atoms with Gasteiger partial charge in [-0.2, -0.15) is 13.2 Å². The van der Waals surface area contributed by atoms with Crippen LogP contribution in [0.5, 0.6) is 5.75 Å². The summed E-state index contributed by atoms with van der Waals surface area (Å²) in [6, 6.07) is 2.27. The smallest absolute Gasteiger partial charge is 0.419 e. The molecule has 0 saturated carbocycles. The van der Waals surface area contributed by atoms with Gasteiger partial charge in [-0.15, -0.1) is 0 Å². The Morgan fingerprint density at radius 3 is 2.36 bits per heavy atom. The van der Waals surface area contributed by atoms with Crippen LogP contribution >= 0.6 is 0 Å². The van der Waals surface area contributed by atoms with E-state index in [2.05, 4.69) is 5.32 Å². The van der Waals surface area contributed by atoms with Gasteiger partial charge >= 0.3 is 12.3 Å². The van der Waals surface area contributed by atoms with Crippen LogP contribution in [0.4, 0.5) is 22.4 Å². The number of amides is 1. The van der Waals surface area contributed by atoms with Gasteiger partial charge in [-0.1, -0.05) is 0 Å². The molecule has 8 heteroatoms. The zero-order chi connectivity index (χ0) is 17.0. The molecule has 0 atom stereocenters. The van der Waals surface area contributed by atoms with E-state index in [0.717, 1.165) is 6.07 Å². The van der Waals surface area contributed by atoms with Crippen LogP contribution in [-0.4, -0.2) is 24.8 Å². The highest BCUT2D eigenvalue weighted by Crippen LogP contribution is 2.32. The topological polar surface area (TPSA) is 47.6 Å². The predicted molar refractivity (Wildman–Crippen MR) is 71.1 cm³/mol. The Morgan fingerprint density at radius 1 is 1.23 bits per heavy atom. The molecule has 1 aromatic rings. The highest BCUT2D eigenvalue weighted by Gasteiger charge is 2.34. The van der Waals surface area contributed by atoms with Gasteiger partial charge in [0.1, 0.15) is 23.8 Å². The lowest BCUT2D eigenvalue weighted by Crippen LogP contribution is -2.34. The number of nitrogens with one attached hydrogen (secondary N) is 1. The zero-order valence-corrected chi connectivity index (χ0v) is 12.4. The molecule has 4 nitrogen and oxygen atoms in total. The zero-order valence-electron chi connectivity index (χ0n) is 12.4. The summed E-state index contributed by atoms with van der Waals surface area (Å²) in [5.41, 5.74) is -1.99. The van der Waals surface area contributed by atoms with E-state index < -0.39 is 29.3 Å². The number of benzene rings is 1. The fourth-order valence-corrected chi connectivity index (χ4v) is 1.45. The average Bonchev–Trinajstić information content (AvgIpc) is 2.31. The molecule has 1 aromatic carbocycles. The second-order valence-electron chi connectivity index (χ2n) is 5.42. The quantitative estimate of drug-likeness (QED) is 0.678. The number of hydrogen-bond donors (Lipinski definition) is 1. The number of halogens is 4. The Bertz CT molecular complexity index is 524. The second kappa shape index (κ2) is 6.85. The molecule has 0 radical (unpaired) electrons. The van der Waals surface area contributed by atoms with E-state index in [1.54, 1.807) is 20.8 Å². The molecule has 0 aliphatic heterocycles. The number of alkyl carbamates (subject to hydrolysis) is 1. The number of carbonyl (C=O) groups is 1. The SMILES string of the molecule is CC(C)(C)OC(=O)NCCOc1ccc(C(F)(F)F)c(F)c1. The molecule has 0 heterocycles. The summed E-state index contributed by atoms with van der Waals surface area (Å²) in [7, 11) is 0. The molecule has 22 heavy (non-hydrogen) atoms. The van der Waals surface area contributed by atoms with Crippen LogP contribution in [0.1, 0.15) is 26.3 Å². The molecule has 0 aromatic heterocycles. The number of hydrogen-bond acceptors (Lipinski definition) is 3. The number of alkyl halides is 3. The van der Waals surface area contributed by atoms with Crippen molar-refractivity contribution in [2.24, 2.45) is 0 Å². The van der Waals surface area contributed by atoms with Crippen LogP contribution in [0.15, 0.2) is 18.2 Å². The first-order chi connectivity index (χ1) is 9.99. The Kier molecular flexibility index (Phi) is 5.62. The predicted octanol–water partition coefficient (Wildman–Crippen LogP) is 3.75. The molecule has 0 spiro atoms. The molecule has 0 saturated heterocycles. The van der Waals surface area contributed by atoms with E-state index in [4.69, 9.17) is 9.47 Å². The third kappa shape index (κ3) is 6.19. The molecule has 0 aliphatic rings. The first kappa shape index (κ1) is 18.1. The summed E-state index contributed by atoms with van der Waals surface area (Å²) in [6.45, 7) is 5.14. The van der Waals surface area contributed by atoms with Gasteiger partial charge in [-0.05, 0) is 32.9 Å². The summed E-state index contributed by atoms with van der Waals surface area (Å²) in [4.78, 5) is 11.3. The Labute approximate surface area is 125 Å². The summed E-state index contributed by atoms with van der Waals surface area (Å²) >= 11 is 0. The molecule has 0 bridgehead atoms. The fraction of sp³-hybridized carbons (Fsp3) is 0.500. The Hall–Kier alpha value is -1.99. The van der Waals surface area contributed by atoms with Crippen molar-refractivity contribution in [1.82, 2.24) is 5.32 Å². The van der Waals surface area contributed by atoms with E-state index in [-0.39, 0.29) is 18.9 Å². The molecule has 1 rings (SSSR count). The standard InChI is InChI=1S/C14H17F4NO3/c1-13(2,3)22-12(20)19-6-7-21-9-4-5-10(11(15)8-9)14(16,17)18/h4-5,8H,6-7H2,1-3H3,(H,19,20). The van der Waals surface area contributed by atoms with E-state index in [9.17, 15) is 22.4 Å². The van der Waals surface area contributed by atoms with Gasteiger partial charge in [0, 0.05) is 6.07 Å². The lowest BCUT2D eigenvalue weighted by molar-refractivity contribution is -0.140. The third-order valence-electron chi connectivity index (χ3n) is 2.28. The number of ether oxygens (including phenoxy) is 2.